The Labute approximate surface area is 133 Å². The Morgan fingerprint density at radius 3 is 2.86 bits per heavy atom. The number of aromatic nitrogens is 2. The molecular weight excluding hydrogens is 286 g/mol. The summed E-state index contributed by atoms with van der Waals surface area (Å²) in [6.45, 7) is 6.38. The quantitative estimate of drug-likeness (QED) is 0.900. The zero-order valence-electron chi connectivity index (χ0n) is 13.6. The fourth-order valence-electron chi connectivity index (χ4n) is 3.25. The summed E-state index contributed by atoms with van der Waals surface area (Å²) in [5.41, 5.74) is 1.12. The molecule has 1 fully saturated rings. The number of hydrogen-bond donors (Lipinski definition) is 1. The normalized spacial score (nSPS) is 23.2. The lowest BCUT2D eigenvalue weighted by Gasteiger charge is -2.34. The van der Waals surface area contributed by atoms with Gasteiger partial charge >= 0.3 is 0 Å². The van der Waals surface area contributed by atoms with E-state index in [9.17, 15) is 0 Å². The maximum Gasteiger partial charge on any atom is 0.0834 e. The van der Waals surface area contributed by atoms with Crippen molar-refractivity contribution in [3.63, 3.8) is 0 Å². The summed E-state index contributed by atoms with van der Waals surface area (Å²) in [5, 5.41) is 8.69. The van der Waals surface area contributed by atoms with Crippen LogP contribution in [0.2, 0.25) is 5.02 Å². The molecule has 1 aliphatic heterocycles. The van der Waals surface area contributed by atoms with E-state index in [1.165, 1.54) is 6.42 Å². The van der Waals surface area contributed by atoms with Crippen LogP contribution in [0.25, 0.3) is 0 Å². The van der Waals surface area contributed by atoms with E-state index in [-0.39, 0.29) is 6.04 Å². The third kappa shape index (κ3) is 3.77. The van der Waals surface area contributed by atoms with E-state index in [1.54, 1.807) is 6.20 Å². The van der Waals surface area contributed by atoms with E-state index < -0.39 is 0 Å². The summed E-state index contributed by atoms with van der Waals surface area (Å²) in [6.07, 6.45) is 4.04. The van der Waals surface area contributed by atoms with Crippen LogP contribution < -0.4 is 5.32 Å². The van der Waals surface area contributed by atoms with Crippen LogP contribution in [0.4, 0.5) is 0 Å². The molecule has 2 rings (SSSR count). The highest BCUT2D eigenvalue weighted by Gasteiger charge is 2.32. The van der Waals surface area contributed by atoms with Crippen LogP contribution in [0.15, 0.2) is 6.20 Å². The first-order valence-electron chi connectivity index (χ1n) is 7.85. The molecule has 1 N–H and O–H groups in total. The number of halogens is 1. The molecule has 2 atom stereocenters. The Balaban J connectivity index is 2.31. The van der Waals surface area contributed by atoms with Gasteiger partial charge in [-0.25, -0.2) is 0 Å². The van der Waals surface area contributed by atoms with Gasteiger partial charge in [0.25, 0.3) is 0 Å². The van der Waals surface area contributed by atoms with Gasteiger partial charge in [0.15, 0.2) is 0 Å². The summed E-state index contributed by atoms with van der Waals surface area (Å²) in [6, 6.07) is 0.587. The summed E-state index contributed by atoms with van der Waals surface area (Å²) < 4.78 is 2.06. The van der Waals surface area contributed by atoms with Crippen LogP contribution in [0.1, 0.15) is 31.5 Å². The van der Waals surface area contributed by atoms with Gasteiger partial charge in [-0.15, -0.1) is 0 Å². The molecule has 2 unspecified atom stereocenters. The van der Waals surface area contributed by atoms with Crippen LogP contribution >= 0.6 is 11.6 Å². The molecule has 0 aromatic carbocycles. The van der Waals surface area contributed by atoms with Gasteiger partial charge in [-0.3, -0.25) is 4.68 Å². The molecular formula is C15H28ClN5. The van der Waals surface area contributed by atoms with Crippen LogP contribution in [-0.2, 0) is 6.54 Å². The molecule has 0 saturated carbocycles. The highest BCUT2D eigenvalue weighted by Crippen LogP contribution is 2.28. The number of nitrogens with one attached hydrogen (secondary N) is 1. The van der Waals surface area contributed by atoms with Crippen molar-refractivity contribution >= 4 is 11.6 Å². The van der Waals surface area contributed by atoms with Crippen molar-refractivity contribution in [1.82, 2.24) is 24.9 Å². The van der Waals surface area contributed by atoms with Crippen LogP contribution in [0.5, 0.6) is 0 Å². The topological polar surface area (TPSA) is 36.3 Å². The van der Waals surface area contributed by atoms with Crippen LogP contribution in [0.3, 0.4) is 0 Å². The summed E-state index contributed by atoms with van der Waals surface area (Å²) >= 11 is 6.44. The fraction of sp³-hybridized carbons (Fsp3) is 0.800. The Hall–Kier alpha value is -0.620. The van der Waals surface area contributed by atoms with Gasteiger partial charge in [-0.1, -0.05) is 18.5 Å². The Morgan fingerprint density at radius 2 is 2.19 bits per heavy atom. The molecule has 0 amide bonds. The van der Waals surface area contributed by atoms with Crippen molar-refractivity contribution in [1.29, 1.82) is 0 Å². The second-order valence-electron chi connectivity index (χ2n) is 6.03. The van der Waals surface area contributed by atoms with Gasteiger partial charge in [-0.2, -0.15) is 5.10 Å². The highest BCUT2D eigenvalue weighted by atomic mass is 35.5. The maximum atomic E-state index is 6.44. The van der Waals surface area contributed by atoms with E-state index in [4.69, 9.17) is 11.6 Å². The second-order valence-corrected chi connectivity index (χ2v) is 6.44. The van der Waals surface area contributed by atoms with E-state index in [2.05, 4.69) is 45.9 Å². The van der Waals surface area contributed by atoms with Crippen molar-refractivity contribution in [3.8, 4) is 0 Å². The molecule has 5 nitrogen and oxygen atoms in total. The molecule has 1 aromatic rings. The van der Waals surface area contributed by atoms with Gasteiger partial charge in [0, 0.05) is 19.1 Å². The average Bonchev–Trinajstić information content (AvgIpc) is 2.71. The zero-order valence-corrected chi connectivity index (χ0v) is 14.4. The second kappa shape index (κ2) is 7.58. The predicted molar refractivity (Wildman–Crippen MR) is 87.9 cm³/mol. The lowest BCUT2D eigenvalue weighted by atomic mass is 10.0. The van der Waals surface area contributed by atoms with Gasteiger partial charge < -0.3 is 15.1 Å². The zero-order chi connectivity index (χ0) is 15.4. The summed E-state index contributed by atoms with van der Waals surface area (Å²) in [7, 11) is 6.43. The number of rotatable bonds is 5. The Kier molecular flexibility index (Phi) is 6.05. The van der Waals surface area contributed by atoms with Crippen molar-refractivity contribution in [2.45, 2.75) is 38.4 Å². The van der Waals surface area contributed by atoms with Crippen molar-refractivity contribution in [2.24, 2.45) is 0 Å². The lowest BCUT2D eigenvalue weighted by Crippen LogP contribution is -2.47. The number of likely N-dealkylation sites (N-methyl/N-ethyl adjacent to an activating group) is 3. The van der Waals surface area contributed by atoms with Gasteiger partial charge in [0.05, 0.1) is 23.0 Å². The summed E-state index contributed by atoms with van der Waals surface area (Å²) in [5.74, 6) is 0. The van der Waals surface area contributed by atoms with E-state index in [0.717, 1.165) is 43.3 Å². The van der Waals surface area contributed by atoms with E-state index >= 15 is 0 Å². The standard InChI is InChI=1S/C15H28ClN5/c1-5-7-21-15(12(16)10-18-21)14(17-2)13-11-19(3)8-6-9-20(13)4/h10,13-14,17H,5-9,11H2,1-4H3. The molecule has 0 bridgehead atoms. The molecule has 120 valence electrons. The molecule has 1 saturated heterocycles. The molecule has 0 spiro atoms. The Bertz CT molecular complexity index is 447. The van der Waals surface area contributed by atoms with Crippen LogP contribution in [0, 0.1) is 0 Å². The first-order valence-corrected chi connectivity index (χ1v) is 8.23. The molecule has 1 aliphatic rings. The van der Waals surface area contributed by atoms with Crippen molar-refractivity contribution < 1.29 is 0 Å². The monoisotopic (exact) mass is 313 g/mol. The highest BCUT2D eigenvalue weighted by molar-refractivity contribution is 6.31. The van der Waals surface area contributed by atoms with Gasteiger partial charge in [-0.05, 0) is 47.1 Å². The van der Waals surface area contributed by atoms with Crippen molar-refractivity contribution in [2.75, 3.05) is 40.8 Å². The van der Waals surface area contributed by atoms with E-state index in [0.29, 0.717) is 6.04 Å². The molecule has 6 heteroatoms. The predicted octanol–water partition coefficient (Wildman–Crippen LogP) is 1.84. The third-order valence-electron chi connectivity index (χ3n) is 4.37. The smallest absolute Gasteiger partial charge is 0.0834 e. The summed E-state index contributed by atoms with van der Waals surface area (Å²) in [4.78, 5) is 4.86. The molecule has 0 aliphatic carbocycles. The maximum absolute atomic E-state index is 6.44. The van der Waals surface area contributed by atoms with E-state index in [1.807, 2.05) is 7.05 Å². The number of nitrogens with zero attached hydrogens (tertiary/aromatic N) is 4. The molecule has 0 radical (unpaired) electrons. The largest absolute Gasteiger partial charge is 0.310 e. The first kappa shape index (κ1) is 16.7. The minimum absolute atomic E-state index is 0.192. The fourth-order valence-corrected chi connectivity index (χ4v) is 3.51. The van der Waals surface area contributed by atoms with Gasteiger partial charge in [0.1, 0.15) is 0 Å². The molecule has 1 aromatic heterocycles. The van der Waals surface area contributed by atoms with Crippen LogP contribution in [-0.4, -0.2) is 66.4 Å². The minimum atomic E-state index is 0.192. The molecule has 21 heavy (non-hydrogen) atoms. The SMILES string of the molecule is CCCn1ncc(Cl)c1C(NC)C1CN(C)CCCN1C. The van der Waals surface area contributed by atoms with Crippen molar-refractivity contribution in [3.05, 3.63) is 16.9 Å². The first-order chi connectivity index (χ1) is 10.1. The van der Waals surface area contributed by atoms with Gasteiger partial charge in [0.2, 0.25) is 0 Å². The molecule has 2 heterocycles. The third-order valence-corrected chi connectivity index (χ3v) is 4.67. The lowest BCUT2D eigenvalue weighted by molar-refractivity contribution is 0.177. The number of hydrogen-bond acceptors (Lipinski definition) is 4. The Morgan fingerprint density at radius 1 is 1.43 bits per heavy atom. The average molecular weight is 314 g/mol. The minimum Gasteiger partial charge on any atom is -0.310 e. The number of aryl methyl sites for hydroxylation is 1.